The molecule has 0 radical (unpaired) electrons. The number of rotatable bonds is 2. The second-order valence-electron chi connectivity index (χ2n) is 2.40. The summed E-state index contributed by atoms with van der Waals surface area (Å²) in [4.78, 5) is 3.55. The van der Waals surface area contributed by atoms with E-state index in [2.05, 4.69) is 36.8 Å². The highest BCUT2D eigenvalue weighted by molar-refractivity contribution is 9.10. The number of nitrogens with zero attached hydrogens (tertiary/aromatic N) is 2. The van der Waals surface area contributed by atoms with Gasteiger partial charge in [0.25, 0.3) is 6.43 Å². The van der Waals surface area contributed by atoms with Crippen molar-refractivity contribution in [1.29, 1.82) is 5.26 Å². The van der Waals surface area contributed by atoms with Crippen molar-refractivity contribution in [3.8, 4) is 6.07 Å². The predicted molar refractivity (Wildman–Crippen MR) is 54.2 cm³/mol. The van der Waals surface area contributed by atoms with E-state index in [1.54, 1.807) is 6.07 Å². The molecule has 1 heterocycles. The lowest BCUT2D eigenvalue weighted by atomic mass is 10.2. The van der Waals surface area contributed by atoms with E-state index in [0.29, 0.717) is 10.0 Å². The molecule has 14 heavy (non-hydrogen) atoms. The number of halogens is 4. The molecule has 0 aliphatic carbocycles. The van der Waals surface area contributed by atoms with Crippen LogP contribution in [0.2, 0.25) is 0 Å². The van der Waals surface area contributed by atoms with Crippen molar-refractivity contribution in [3.63, 3.8) is 0 Å². The van der Waals surface area contributed by atoms with Crippen LogP contribution in [-0.2, 0) is 5.33 Å². The summed E-state index contributed by atoms with van der Waals surface area (Å²) >= 11 is 6.20. The van der Waals surface area contributed by atoms with Gasteiger partial charge < -0.3 is 0 Å². The smallest absolute Gasteiger partial charge is 0.236 e. The van der Waals surface area contributed by atoms with E-state index in [-0.39, 0.29) is 16.7 Å². The number of aromatic nitrogens is 1. The summed E-state index contributed by atoms with van der Waals surface area (Å²) in [5.41, 5.74) is 0.00340. The highest BCUT2D eigenvalue weighted by Gasteiger charge is 2.18. The average molecular weight is 326 g/mol. The minimum atomic E-state index is -2.67. The van der Waals surface area contributed by atoms with Gasteiger partial charge in [0.05, 0.1) is 0 Å². The first-order chi connectivity index (χ1) is 6.60. The highest BCUT2D eigenvalue weighted by atomic mass is 79.9. The Hall–Kier alpha value is -0.540. The SMILES string of the molecule is N#Cc1cc(Br)c(CBr)c(C(F)F)n1. The fraction of sp³-hybridized carbons (Fsp3) is 0.250. The summed E-state index contributed by atoms with van der Waals surface area (Å²) in [6.07, 6.45) is -2.67. The molecule has 0 aromatic carbocycles. The minimum Gasteiger partial charge on any atom is -0.236 e. The van der Waals surface area contributed by atoms with E-state index < -0.39 is 6.43 Å². The zero-order valence-electron chi connectivity index (χ0n) is 6.77. The van der Waals surface area contributed by atoms with Gasteiger partial charge in [0, 0.05) is 15.4 Å². The van der Waals surface area contributed by atoms with Crippen LogP contribution in [0.1, 0.15) is 23.4 Å². The third-order valence-corrected chi connectivity index (χ3v) is 2.82. The van der Waals surface area contributed by atoms with Crippen molar-refractivity contribution >= 4 is 31.9 Å². The van der Waals surface area contributed by atoms with Gasteiger partial charge in [-0.15, -0.1) is 0 Å². The lowest BCUT2D eigenvalue weighted by molar-refractivity contribution is 0.145. The molecule has 0 aliphatic rings. The van der Waals surface area contributed by atoms with Gasteiger partial charge in [-0.3, -0.25) is 0 Å². The Kier molecular flexibility index (Phi) is 3.96. The molecular formula is C8H4Br2F2N2. The van der Waals surface area contributed by atoms with Crippen LogP contribution in [0, 0.1) is 11.3 Å². The number of hydrogen-bond donors (Lipinski definition) is 0. The molecule has 0 N–H and O–H groups in total. The van der Waals surface area contributed by atoms with Crippen molar-refractivity contribution in [2.45, 2.75) is 11.8 Å². The maximum atomic E-state index is 12.5. The van der Waals surface area contributed by atoms with Crippen LogP contribution in [0.5, 0.6) is 0 Å². The van der Waals surface area contributed by atoms with Crippen LogP contribution in [-0.4, -0.2) is 4.98 Å². The topological polar surface area (TPSA) is 36.7 Å². The first kappa shape index (κ1) is 11.5. The third kappa shape index (κ3) is 2.28. The number of hydrogen-bond acceptors (Lipinski definition) is 2. The van der Waals surface area contributed by atoms with E-state index in [1.165, 1.54) is 6.07 Å². The largest absolute Gasteiger partial charge is 0.280 e. The Morgan fingerprint density at radius 3 is 2.64 bits per heavy atom. The van der Waals surface area contributed by atoms with Crippen LogP contribution in [0.25, 0.3) is 0 Å². The first-order valence-electron chi connectivity index (χ1n) is 3.53. The molecule has 0 aliphatic heterocycles. The number of pyridine rings is 1. The van der Waals surface area contributed by atoms with Gasteiger partial charge in [-0.25, -0.2) is 13.8 Å². The maximum Gasteiger partial charge on any atom is 0.280 e. The van der Waals surface area contributed by atoms with E-state index in [0.717, 1.165) is 0 Å². The Morgan fingerprint density at radius 2 is 2.21 bits per heavy atom. The number of alkyl halides is 3. The second kappa shape index (κ2) is 4.80. The molecule has 1 aromatic heterocycles. The van der Waals surface area contributed by atoms with Crippen molar-refractivity contribution in [3.05, 3.63) is 27.5 Å². The Balaban J connectivity index is 3.37. The fourth-order valence-corrected chi connectivity index (χ4v) is 2.45. The highest BCUT2D eigenvalue weighted by Crippen LogP contribution is 2.29. The molecule has 0 spiro atoms. The average Bonchev–Trinajstić information content (AvgIpc) is 2.16. The Bertz CT molecular complexity index is 388. The zero-order chi connectivity index (χ0) is 10.7. The third-order valence-electron chi connectivity index (χ3n) is 1.56. The minimum absolute atomic E-state index is 0.0168. The van der Waals surface area contributed by atoms with Crippen molar-refractivity contribution in [1.82, 2.24) is 4.98 Å². The van der Waals surface area contributed by atoms with Gasteiger partial charge in [-0.1, -0.05) is 31.9 Å². The molecule has 74 valence electrons. The van der Waals surface area contributed by atoms with Gasteiger partial charge in [-0.2, -0.15) is 5.26 Å². The van der Waals surface area contributed by atoms with Crippen molar-refractivity contribution in [2.24, 2.45) is 0 Å². The summed E-state index contributed by atoms with van der Waals surface area (Å²) in [7, 11) is 0. The predicted octanol–water partition coefficient (Wildman–Crippen LogP) is 3.55. The van der Waals surface area contributed by atoms with Crippen LogP contribution < -0.4 is 0 Å². The van der Waals surface area contributed by atoms with E-state index >= 15 is 0 Å². The monoisotopic (exact) mass is 324 g/mol. The fourth-order valence-electron chi connectivity index (χ4n) is 0.929. The zero-order valence-corrected chi connectivity index (χ0v) is 9.94. The Labute approximate surface area is 96.2 Å². The van der Waals surface area contributed by atoms with E-state index in [4.69, 9.17) is 5.26 Å². The molecule has 0 unspecified atom stereocenters. The first-order valence-corrected chi connectivity index (χ1v) is 5.45. The van der Waals surface area contributed by atoms with E-state index in [1.807, 2.05) is 0 Å². The summed E-state index contributed by atoms with van der Waals surface area (Å²) < 4.78 is 25.5. The molecule has 6 heteroatoms. The summed E-state index contributed by atoms with van der Waals surface area (Å²) in [5.74, 6) is 0. The van der Waals surface area contributed by atoms with Gasteiger partial charge in [0.1, 0.15) is 17.5 Å². The lowest BCUT2D eigenvalue weighted by Gasteiger charge is -2.07. The van der Waals surface area contributed by atoms with Crippen LogP contribution >= 0.6 is 31.9 Å². The second-order valence-corrected chi connectivity index (χ2v) is 3.81. The van der Waals surface area contributed by atoms with Crippen LogP contribution in [0.4, 0.5) is 8.78 Å². The van der Waals surface area contributed by atoms with Gasteiger partial charge >= 0.3 is 0 Å². The van der Waals surface area contributed by atoms with Crippen molar-refractivity contribution in [2.75, 3.05) is 0 Å². The molecular weight excluding hydrogens is 322 g/mol. The molecule has 0 bridgehead atoms. The Morgan fingerprint density at radius 1 is 1.57 bits per heavy atom. The normalized spacial score (nSPS) is 10.3. The van der Waals surface area contributed by atoms with Crippen molar-refractivity contribution < 1.29 is 8.78 Å². The molecule has 0 fully saturated rings. The van der Waals surface area contributed by atoms with Gasteiger partial charge in [0.15, 0.2) is 0 Å². The quantitative estimate of drug-likeness (QED) is 0.780. The van der Waals surface area contributed by atoms with E-state index in [9.17, 15) is 8.78 Å². The molecule has 0 amide bonds. The molecule has 1 aromatic rings. The summed E-state index contributed by atoms with van der Waals surface area (Å²) in [5, 5.41) is 8.81. The maximum absolute atomic E-state index is 12.5. The lowest BCUT2D eigenvalue weighted by Crippen LogP contribution is -2.00. The number of nitriles is 1. The molecule has 0 atom stereocenters. The molecule has 1 rings (SSSR count). The summed E-state index contributed by atoms with van der Waals surface area (Å²) in [6, 6.07) is 3.14. The van der Waals surface area contributed by atoms with Gasteiger partial charge in [-0.05, 0) is 6.07 Å². The molecule has 2 nitrogen and oxygen atoms in total. The molecule has 0 saturated heterocycles. The van der Waals surface area contributed by atoms with Crippen LogP contribution in [0.15, 0.2) is 10.5 Å². The standard InChI is InChI=1S/C8H4Br2F2N2/c9-2-5-6(10)1-4(3-13)14-7(5)8(11)12/h1,8H,2H2. The van der Waals surface area contributed by atoms with Gasteiger partial charge in [0.2, 0.25) is 0 Å². The molecule has 0 saturated carbocycles. The van der Waals surface area contributed by atoms with Crippen LogP contribution in [0.3, 0.4) is 0 Å². The summed E-state index contributed by atoms with van der Waals surface area (Å²) in [6.45, 7) is 0.